The largest absolute Gasteiger partial charge is 0.352 e. The molecule has 8 heteroatoms. The summed E-state index contributed by atoms with van der Waals surface area (Å²) in [7, 11) is 0. The molecule has 0 spiro atoms. The van der Waals surface area contributed by atoms with Crippen molar-refractivity contribution < 1.29 is 9.32 Å². The van der Waals surface area contributed by atoms with Gasteiger partial charge in [-0.05, 0) is 31.0 Å². The number of hydrogen-bond donors (Lipinski definition) is 1. The number of amides is 1. The molecule has 0 bridgehead atoms. The second-order valence-corrected chi connectivity index (χ2v) is 7.69. The lowest BCUT2D eigenvalue weighted by molar-refractivity contribution is -0.122. The summed E-state index contributed by atoms with van der Waals surface area (Å²) in [4.78, 5) is 34.2. The van der Waals surface area contributed by atoms with Crippen molar-refractivity contribution in [1.82, 2.24) is 25.0 Å². The third-order valence-corrected chi connectivity index (χ3v) is 5.59. The highest BCUT2D eigenvalue weighted by Crippen LogP contribution is 2.27. The van der Waals surface area contributed by atoms with Gasteiger partial charge in [0.05, 0.1) is 11.1 Å². The van der Waals surface area contributed by atoms with Crippen molar-refractivity contribution in [3.05, 3.63) is 65.1 Å². The van der Waals surface area contributed by atoms with Crippen molar-refractivity contribution >= 4 is 16.8 Å². The van der Waals surface area contributed by atoms with E-state index in [0.29, 0.717) is 22.6 Å². The molecule has 156 valence electrons. The van der Waals surface area contributed by atoms with Crippen molar-refractivity contribution in [2.24, 2.45) is 0 Å². The fourth-order valence-corrected chi connectivity index (χ4v) is 4.09. The average Bonchev–Trinajstić information content (AvgIpc) is 3.48. The first kappa shape index (κ1) is 19.2. The molecule has 0 unspecified atom stereocenters. The van der Waals surface area contributed by atoms with Crippen molar-refractivity contribution in [3.63, 3.8) is 0 Å². The number of para-hydroxylation sites is 1. The number of carbonyl (C=O) groups excluding carboxylic acids is 1. The molecule has 3 heterocycles. The Morgan fingerprint density at radius 3 is 2.74 bits per heavy atom. The van der Waals surface area contributed by atoms with Crippen LogP contribution in [0.2, 0.25) is 0 Å². The fraction of sp³-hybridized carbons (Fsp3) is 0.261. The predicted octanol–water partition coefficient (Wildman–Crippen LogP) is 3.17. The predicted molar refractivity (Wildman–Crippen MR) is 115 cm³/mol. The molecule has 8 nitrogen and oxygen atoms in total. The third-order valence-electron chi connectivity index (χ3n) is 5.59. The number of aromatic nitrogens is 4. The lowest BCUT2D eigenvalue weighted by atomic mass is 10.1. The first-order valence-electron chi connectivity index (χ1n) is 10.4. The zero-order valence-electron chi connectivity index (χ0n) is 16.8. The topological polar surface area (TPSA) is 103 Å². The summed E-state index contributed by atoms with van der Waals surface area (Å²) < 4.78 is 6.93. The van der Waals surface area contributed by atoms with E-state index in [0.717, 1.165) is 31.1 Å². The number of benzene rings is 1. The van der Waals surface area contributed by atoms with Crippen molar-refractivity contribution in [2.45, 2.75) is 38.3 Å². The molecule has 31 heavy (non-hydrogen) atoms. The molecule has 0 saturated heterocycles. The van der Waals surface area contributed by atoms with Gasteiger partial charge in [0.2, 0.25) is 11.7 Å². The summed E-state index contributed by atoms with van der Waals surface area (Å²) in [6, 6.07) is 14.5. The second-order valence-electron chi connectivity index (χ2n) is 7.69. The number of carbonyl (C=O) groups is 1. The quantitative estimate of drug-likeness (QED) is 0.537. The number of rotatable bonds is 5. The summed E-state index contributed by atoms with van der Waals surface area (Å²) in [5.74, 6) is 0.429. The lowest BCUT2D eigenvalue weighted by Crippen LogP contribution is -2.37. The van der Waals surface area contributed by atoms with Crippen LogP contribution in [-0.2, 0) is 11.3 Å². The van der Waals surface area contributed by atoms with Gasteiger partial charge in [-0.1, -0.05) is 42.3 Å². The molecule has 1 aliphatic rings. The first-order valence-corrected chi connectivity index (χ1v) is 10.4. The Labute approximate surface area is 177 Å². The zero-order chi connectivity index (χ0) is 21.2. The highest BCUT2D eigenvalue weighted by Gasteiger charge is 2.20. The van der Waals surface area contributed by atoms with Crippen molar-refractivity contribution in [3.8, 4) is 23.0 Å². The van der Waals surface area contributed by atoms with E-state index in [4.69, 9.17) is 4.52 Å². The molecule has 1 aliphatic carbocycles. The zero-order valence-corrected chi connectivity index (χ0v) is 16.8. The lowest BCUT2D eigenvalue weighted by Gasteiger charge is -2.15. The average molecular weight is 415 g/mol. The monoisotopic (exact) mass is 415 g/mol. The van der Waals surface area contributed by atoms with Gasteiger partial charge in [0.25, 0.3) is 11.4 Å². The van der Waals surface area contributed by atoms with Gasteiger partial charge in [-0.15, -0.1) is 0 Å². The molecule has 1 fully saturated rings. The fourth-order valence-electron chi connectivity index (χ4n) is 4.09. The smallest absolute Gasteiger partial charge is 0.259 e. The van der Waals surface area contributed by atoms with Gasteiger partial charge in [0, 0.05) is 23.7 Å². The van der Waals surface area contributed by atoms with E-state index in [9.17, 15) is 9.59 Å². The molecular formula is C23H21N5O3. The Balaban J connectivity index is 1.51. The van der Waals surface area contributed by atoms with Gasteiger partial charge in [-0.25, -0.2) is 0 Å². The van der Waals surface area contributed by atoms with Gasteiger partial charge in [0.1, 0.15) is 12.2 Å². The van der Waals surface area contributed by atoms with Crippen LogP contribution >= 0.6 is 0 Å². The number of nitrogens with one attached hydrogen (secondary N) is 1. The van der Waals surface area contributed by atoms with Crippen LogP contribution in [0.4, 0.5) is 0 Å². The van der Waals surface area contributed by atoms with Crippen LogP contribution in [0.15, 0.2) is 64.0 Å². The van der Waals surface area contributed by atoms with E-state index < -0.39 is 0 Å². The molecule has 1 saturated carbocycles. The van der Waals surface area contributed by atoms with E-state index in [1.807, 2.05) is 30.3 Å². The van der Waals surface area contributed by atoms with Crippen LogP contribution in [0.5, 0.6) is 0 Å². The molecule has 0 radical (unpaired) electrons. The molecule has 1 amide bonds. The maximum atomic E-state index is 13.0. The van der Waals surface area contributed by atoms with E-state index in [1.54, 1.807) is 18.3 Å². The van der Waals surface area contributed by atoms with E-state index in [1.165, 1.54) is 10.6 Å². The number of pyridine rings is 2. The number of fused-ring (bicyclic) bond motifs is 1. The summed E-state index contributed by atoms with van der Waals surface area (Å²) >= 11 is 0. The third kappa shape index (κ3) is 3.84. The minimum Gasteiger partial charge on any atom is -0.352 e. The van der Waals surface area contributed by atoms with Crippen LogP contribution in [-0.4, -0.2) is 31.6 Å². The second kappa shape index (κ2) is 8.14. The molecule has 0 aliphatic heterocycles. The molecule has 0 atom stereocenters. The van der Waals surface area contributed by atoms with Gasteiger partial charge in [-0.3, -0.25) is 19.1 Å². The van der Waals surface area contributed by atoms with E-state index in [2.05, 4.69) is 20.4 Å². The highest BCUT2D eigenvalue weighted by molar-refractivity contribution is 5.93. The minimum atomic E-state index is -0.298. The van der Waals surface area contributed by atoms with Crippen LogP contribution in [0, 0.1) is 0 Å². The van der Waals surface area contributed by atoms with Crippen LogP contribution in [0.1, 0.15) is 25.7 Å². The molecule has 1 aromatic carbocycles. The molecule has 1 N–H and O–H groups in total. The Hall–Kier alpha value is -3.81. The number of hydrogen-bond acceptors (Lipinski definition) is 6. The summed E-state index contributed by atoms with van der Waals surface area (Å²) in [5.41, 5.74) is 1.46. The van der Waals surface area contributed by atoms with Crippen LogP contribution in [0.25, 0.3) is 33.9 Å². The van der Waals surface area contributed by atoms with Crippen LogP contribution in [0.3, 0.4) is 0 Å². The minimum absolute atomic E-state index is 0.0286. The van der Waals surface area contributed by atoms with E-state index in [-0.39, 0.29) is 29.9 Å². The van der Waals surface area contributed by atoms with Crippen molar-refractivity contribution in [2.75, 3.05) is 0 Å². The summed E-state index contributed by atoms with van der Waals surface area (Å²) in [5, 5.41) is 7.80. The van der Waals surface area contributed by atoms with Gasteiger partial charge >= 0.3 is 0 Å². The van der Waals surface area contributed by atoms with Gasteiger partial charge < -0.3 is 9.84 Å². The van der Waals surface area contributed by atoms with Gasteiger partial charge in [0.15, 0.2) is 0 Å². The standard InChI is InChI=1S/C23H21N5O3/c29-20(25-15-7-1-2-8-15)14-28-19-11-4-3-9-16(19)17(13-21(28)30)23-26-22(27-31-23)18-10-5-6-12-24-18/h3-6,9-13,15H,1-2,7-8,14H2,(H,25,29). The maximum Gasteiger partial charge on any atom is 0.259 e. The summed E-state index contributed by atoms with van der Waals surface area (Å²) in [6.07, 6.45) is 5.91. The summed E-state index contributed by atoms with van der Waals surface area (Å²) in [6.45, 7) is -0.0286. The SMILES string of the molecule is O=C(Cn1c(=O)cc(-c2nc(-c3ccccn3)no2)c2ccccc21)NC1CCCC1. The van der Waals surface area contributed by atoms with E-state index >= 15 is 0 Å². The normalized spacial score (nSPS) is 14.2. The maximum absolute atomic E-state index is 13.0. The number of nitrogens with zero attached hydrogens (tertiary/aromatic N) is 4. The molecule has 4 aromatic rings. The Bertz CT molecular complexity index is 1290. The van der Waals surface area contributed by atoms with Crippen LogP contribution < -0.4 is 10.9 Å². The molecule has 5 rings (SSSR count). The Morgan fingerprint density at radius 2 is 1.94 bits per heavy atom. The highest BCUT2D eigenvalue weighted by atomic mass is 16.5. The molecule has 3 aromatic heterocycles. The Morgan fingerprint density at radius 1 is 1.13 bits per heavy atom. The van der Waals surface area contributed by atoms with Gasteiger partial charge in [-0.2, -0.15) is 4.98 Å². The first-order chi connectivity index (χ1) is 15.2. The molecular weight excluding hydrogens is 394 g/mol. The Kier molecular flexibility index (Phi) is 5.03. The van der Waals surface area contributed by atoms with Crippen molar-refractivity contribution in [1.29, 1.82) is 0 Å².